The van der Waals surface area contributed by atoms with E-state index in [4.69, 9.17) is 23.6 Å². The molecule has 0 spiro atoms. The minimum Gasteiger partial charge on any atom is -1.00 e. The van der Waals surface area contributed by atoms with Gasteiger partial charge in [-0.05, 0) is 23.6 Å². The number of nitrogens with zero attached hydrogens (tertiary/aromatic N) is 2. The van der Waals surface area contributed by atoms with Crippen molar-refractivity contribution >= 4 is 41.4 Å². The van der Waals surface area contributed by atoms with Crippen molar-refractivity contribution in [1.82, 2.24) is 14.2 Å². The molecule has 6 nitrogen and oxygen atoms in total. The molecule has 1 atom stereocenters. The molecule has 15 heavy (non-hydrogen) atoms. The van der Waals surface area contributed by atoms with Crippen LogP contribution < -0.4 is 34.9 Å². The number of aldehydes is 1. The number of hydrogen-bond acceptors (Lipinski definition) is 6. The molecule has 0 aliphatic carbocycles. The number of Topliss-reactive ketones (excluding diaryl/α,β-unsaturated/α-hetero) is 2. The van der Waals surface area contributed by atoms with Crippen molar-refractivity contribution in [3.63, 3.8) is 0 Å². The van der Waals surface area contributed by atoms with Crippen LogP contribution in [0.15, 0.2) is 0 Å². The second-order valence-electron chi connectivity index (χ2n) is 2.61. The van der Waals surface area contributed by atoms with Gasteiger partial charge in [-0.25, -0.2) is 0 Å². The fourth-order valence-corrected chi connectivity index (χ4v) is 1.50. The molecule has 1 unspecified atom stereocenters. The largest absolute Gasteiger partial charge is 1.00 e. The zero-order valence-corrected chi connectivity index (χ0v) is 11.5. The zero-order chi connectivity index (χ0) is 10.7. The Bertz CT molecular complexity index is 284. The number of carbonyl (C=O) groups excluding carboxylic acids is 3. The standard InChI is InChI=1S/C6H7Cl2N3O3.Na.H/c7-10-2-9-6(11(8)3-10)5(14)4(13)1-12;;/h1,6,9H,2-3H2;;/q;+1;-1. The molecule has 1 aliphatic rings. The summed E-state index contributed by atoms with van der Waals surface area (Å²) in [7, 11) is 0. The summed E-state index contributed by atoms with van der Waals surface area (Å²) in [5, 5.41) is 2.59. The predicted octanol–water partition coefficient (Wildman–Crippen LogP) is -3.80. The molecule has 1 N–H and O–H groups in total. The van der Waals surface area contributed by atoms with Gasteiger partial charge >= 0.3 is 29.6 Å². The van der Waals surface area contributed by atoms with E-state index in [1.807, 2.05) is 0 Å². The smallest absolute Gasteiger partial charge is 1.00 e. The van der Waals surface area contributed by atoms with Crippen molar-refractivity contribution < 1.29 is 45.4 Å². The Morgan fingerprint density at radius 1 is 1.47 bits per heavy atom. The van der Waals surface area contributed by atoms with E-state index in [1.165, 1.54) is 4.42 Å². The monoisotopic (exact) mass is 263 g/mol. The molecule has 1 fully saturated rings. The Kier molecular flexibility index (Phi) is 7.14. The van der Waals surface area contributed by atoms with Crippen LogP contribution in [0.2, 0.25) is 0 Å². The van der Waals surface area contributed by atoms with Crippen molar-refractivity contribution in [2.75, 3.05) is 13.3 Å². The van der Waals surface area contributed by atoms with Crippen molar-refractivity contribution in [1.29, 1.82) is 0 Å². The van der Waals surface area contributed by atoms with Gasteiger partial charge < -0.3 is 1.43 Å². The Hall–Kier alpha value is 0.470. The normalized spacial score (nSPS) is 22.9. The van der Waals surface area contributed by atoms with E-state index in [-0.39, 0.29) is 50.6 Å². The summed E-state index contributed by atoms with van der Waals surface area (Å²) in [6.07, 6.45) is -1.04. The van der Waals surface area contributed by atoms with Crippen LogP contribution in [0.1, 0.15) is 1.43 Å². The molecule has 1 rings (SSSR count). The third-order valence-corrected chi connectivity index (χ3v) is 2.15. The van der Waals surface area contributed by atoms with Crippen LogP contribution in [0.5, 0.6) is 0 Å². The molecule has 0 amide bonds. The first-order valence-electron chi connectivity index (χ1n) is 3.66. The Labute approximate surface area is 120 Å². The molecular formula is C6H8Cl2N3NaO3. The molecule has 0 saturated carbocycles. The van der Waals surface area contributed by atoms with Crippen LogP contribution in [0, 0.1) is 0 Å². The van der Waals surface area contributed by atoms with Crippen molar-refractivity contribution in [3.8, 4) is 0 Å². The maximum absolute atomic E-state index is 11.2. The molecular weight excluding hydrogens is 256 g/mol. The van der Waals surface area contributed by atoms with E-state index in [2.05, 4.69) is 5.32 Å². The number of rotatable bonds is 3. The zero-order valence-electron chi connectivity index (χ0n) is 8.94. The minimum atomic E-state index is -1.11. The summed E-state index contributed by atoms with van der Waals surface area (Å²) in [4.78, 5) is 32.0. The first kappa shape index (κ1) is 15.5. The topological polar surface area (TPSA) is 69.7 Å². The van der Waals surface area contributed by atoms with Gasteiger partial charge in [0.05, 0.1) is 13.3 Å². The van der Waals surface area contributed by atoms with Gasteiger partial charge in [-0.3, -0.25) is 19.7 Å². The summed E-state index contributed by atoms with van der Waals surface area (Å²) in [6, 6.07) is 0. The molecule has 0 bridgehead atoms. The fraction of sp³-hybridized carbons (Fsp3) is 0.500. The van der Waals surface area contributed by atoms with Crippen molar-refractivity contribution in [2.24, 2.45) is 0 Å². The molecule has 9 heteroatoms. The Morgan fingerprint density at radius 3 is 2.53 bits per heavy atom. The molecule has 1 heterocycles. The van der Waals surface area contributed by atoms with Crippen LogP contribution in [0.25, 0.3) is 0 Å². The molecule has 0 radical (unpaired) electrons. The van der Waals surface area contributed by atoms with E-state index in [1.54, 1.807) is 0 Å². The summed E-state index contributed by atoms with van der Waals surface area (Å²) in [5.74, 6) is -2.00. The molecule has 0 aromatic heterocycles. The maximum atomic E-state index is 11.2. The van der Waals surface area contributed by atoms with Gasteiger partial charge in [-0.1, -0.05) is 0 Å². The number of hydrogen-bond donors (Lipinski definition) is 1. The van der Waals surface area contributed by atoms with E-state index in [9.17, 15) is 14.4 Å². The predicted molar refractivity (Wildman–Crippen MR) is 49.2 cm³/mol. The second kappa shape index (κ2) is 6.93. The first-order valence-corrected chi connectivity index (χ1v) is 4.33. The Morgan fingerprint density at radius 2 is 2.07 bits per heavy atom. The summed E-state index contributed by atoms with van der Waals surface area (Å²) in [5.41, 5.74) is 0. The SMILES string of the molecule is O=CC(=O)C(=O)C1NCN(Cl)CN1Cl.[H-].[Na+]. The molecule has 80 valence electrons. The van der Waals surface area contributed by atoms with Gasteiger partial charge in [0.2, 0.25) is 5.78 Å². The summed E-state index contributed by atoms with van der Waals surface area (Å²) < 4.78 is 2.29. The fourth-order valence-electron chi connectivity index (χ4n) is 0.976. The van der Waals surface area contributed by atoms with Gasteiger partial charge in [-0.2, -0.15) is 8.84 Å². The average Bonchev–Trinajstić information content (AvgIpc) is 2.15. The molecule has 1 saturated heterocycles. The van der Waals surface area contributed by atoms with Gasteiger partial charge in [0, 0.05) is 0 Å². The quantitative estimate of drug-likeness (QED) is 0.185. The van der Waals surface area contributed by atoms with E-state index in [0.29, 0.717) is 0 Å². The van der Waals surface area contributed by atoms with Crippen LogP contribution in [0.3, 0.4) is 0 Å². The summed E-state index contributed by atoms with van der Waals surface area (Å²) >= 11 is 11.2. The third kappa shape index (κ3) is 4.08. The van der Waals surface area contributed by atoms with Crippen molar-refractivity contribution in [3.05, 3.63) is 0 Å². The van der Waals surface area contributed by atoms with Crippen LogP contribution >= 0.6 is 23.6 Å². The van der Waals surface area contributed by atoms with Gasteiger partial charge in [0.1, 0.15) is 6.17 Å². The minimum absolute atomic E-state index is 0. The van der Waals surface area contributed by atoms with Crippen LogP contribution in [0.4, 0.5) is 0 Å². The van der Waals surface area contributed by atoms with Crippen molar-refractivity contribution in [2.45, 2.75) is 6.17 Å². The van der Waals surface area contributed by atoms with E-state index >= 15 is 0 Å². The number of carbonyl (C=O) groups is 3. The third-order valence-electron chi connectivity index (χ3n) is 1.62. The molecule has 0 aromatic rings. The van der Waals surface area contributed by atoms with E-state index < -0.39 is 17.7 Å². The number of nitrogens with one attached hydrogen (secondary N) is 1. The number of ketones is 2. The van der Waals surface area contributed by atoms with Crippen LogP contribution in [-0.4, -0.2) is 46.2 Å². The van der Waals surface area contributed by atoms with Crippen LogP contribution in [-0.2, 0) is 14.4 Å². The molecule has 0 aromatic carbocycles. The summed E-state index contributed by atoms with van der Waals surface area (Å²) in [6.45, 7) is 0.311. The van der Waals surface area contributed by atoms with Gasteiger partial charge in [0.15, 0.2) is 6.29 Å². The first-order chi connectivity index (χ1) is 6.56. The number of halogens is 2. The van der Waals surface area contributed by atoms with Gasteiger partial charge in [-0.15, -0.1) is 0 Å². The van der Waals surface area contributed by atoms with E-state index in [0.717, 1.165) is 4.42 Å². The van der Waals surface area contributed by atoms with Gasteiger partial charge in [0.25, 0.3) is 5.78 Å². The second-order valence-corrected chi connectivity index (χ2v) is 3.53. The maximum Gasteiger partial charge on any atom is 1.00 e. The molecule has 1 aliphatic heterocycles. The average molecular weight is 264 g/mol. The Balaban J connectivity index is 0.